The molecule has 0 N–H and O–H groups in total. The molecule has 2 saturated heterocycles. The smallest absolute Gasteiger partial charge is 0.308 e. The molecule has 2 aliphatic heterocycles. The molecule has 2 fully saturated rings. The summed E-state index contributed by atoms with van der Waals surface area (Å²) in [5, 5.41) is 0.975. The number of hydrogen-bond donors (Lipinski definition) is 0. The lowest BCUT2D eigenvalue weighted by Gasteiger charge is -2.35. The second-order valence-electron chi connectivity index (χ2n) is 12.6. The first-order valence-corrected chi connectivity index (χ1v) is 17.1. The summed E-state index contributed by atoms with van der Waals surface area (Å²) < 4.78 is 28.7. The minimum absolute atomic E-state index is 0. The van der Waals surface area contributed by atoms with Gasteiger partial charge in [0.2, 0.25) is 18.0 Å². The largest absolute Gasteiger partial charge is 1.00 e. The molecule has 266 valence electrons. The zero-order valence-corrected chi connectivity index (χ0v) is 31.6. The molecule has 0 bridgehead atoms. The summed E-state index contributed by atoms with van der Waals surface area (Å²) in [6, 6.07) is 17.4. The maximum absolute atomic E-state index is 11.7. The van der Waals surface area contributed by atoms with E-state index in [-0.39, 0.29) is 41.6 Å². The molecule has 0 radical (unpaired) electrons. The van der Waals surface area contributed by atoms with Gasteiger partial charge in [0.1, 0.15) is 49.7 Å². The molecule has 4 aromatic rings. The SMILES string of the molecule is CC(=O)Oc1c(C)cc(C[n+]2ccn(CC3(c4ccc(Cl)cc4Cl)OCC(COc4ccc(N5CCN(C(C)=O)CC5)cc4)O3)c2)cc1C.[Br-]. The molecule has 3 heterocycles. The number of ether oxygens (including phenoxy) is 4. The van der Waals surface area contributed by atoms with E-state index in [4.69, 9.17) is 42.1 Å². The molecule has 6 rings (SSSR count). The van der Waals surface area contributed by atoms with Crippen LogP contribution >= 0.6 is 23.2 Å². The number of hydrogen-bond acceptors (Lipinski definition) is 7. The van der Waals surface area contributed by atoms with E-state index in [9.17, 15) is 9.59 Å². The quantitative estimate of drug-likeness (QED) is 0.139. The van der Waals surface area contributed by atoms with Gasteiger partial charge in [0.15, 0.2) is 0 Å². The molecule has 50 heavy (non-hydrogen) atoms. The van der Waals surface area contributed by atoms with Crippen molar-refractivity contribution in [2.24, 2.45) is 0 Å². The van der Waals surface area contributed by atoms with Crippen molar-refractivity contribution in [3.05, 3.63) is 106 Å². The van der Waals surface area contributed by atoms with E-state index >= 15 is 0 Å². The summed E-state index contributed by atoms with van der Waals surface area (Å²) in [4.78, 5) is 27.3. The third-order valence-electron chi connectivity index (χ3n) is 8.83. The molecule has 2 aliphatic rings. The van der Waals surface area contributed by atoms with Gasteiger partial charge in [0, 0.05) is 56.3 Å². The number of nitrogens with zero attached hydrogens (tertiary/aromatic N) is 4. The lowest BCUT2D eigenvalue weighted by Crippen LogP contribution is -3.00. The number of carbonyl (C=O) groups is 2. The molecular formula is C37H41BrCl2N4O6. The Kier molecular flexibility index (Phi) is 12.2. The number of piperazine rings is 1. The number of anilines is 1. The van der Waals surface area contributed by atoms with Crippen molar-refractivity contribution >= 4 is 40.8 Å². The van der Waals surface area contributed by atoms with Crippen LogP contribution in [-0.4, -0.2) is 66.8 Å². The van der Waals surface area contributed by atoms with Gasteiger partial charge in [-0.05, 0) is 79.1 Å². The Morgan fingerprint density at radius 1 is 0.980 bits per heavy atom. The van der Waals surface area contributed by atoms with Gasteiger partial charge in [-0.1, -0.05) is 29.3 Å². The van der Waals surface area contributed by atoms with E-state index < -0.39 is 5.79 Å². The van der Waals surface area contributed by atoms with Crippen LogP contribution in [0, 0.1) is 13.8 Å². The standard InChI is InChI=1S/C37H41Cl2N4O6.BrH/c1-25-17-29(18-26(2)36(25)48-28(4)45)20-40-11-12-41(24-40)23-37(34-10-5-30(38)19-35(34)39)47-22-33(49-37)21-46-32-8-6-31(7-9-32)43-15-13-42(14-16-43)27(3)44;/h5-12,17-19,24,33H,13-16,20-23H2,1-4H3;1H/q+1;/p-1. The molecule has 0 spiro atoms. The summed E-state index contributed by atoms with van der Waals surface area (Å²) >= 11 is 13.0. The van der Waals surface area contributed by atoms with Gasteiger partial charge in [-0.15, -0.1) is 0 Å². The van der Waals surface area contributed by atoms with Gasteiger partial charge in [0.05, 0.1) is 11.6 Å². The van der Waals surface area contributed by atoms with Crippen molar-refractivity contribution in [3.63, 3.8) is 0 Å². The van der Waals surface area contributed by atoms with Crippen LogP contribution in [-0.2, 0) is 37.9 Å². The van der Waals surface area contributed by atoms with E-state index in [0.29, 0.717) is 41.1 Å². The van der Waals surface area contributed by atoms with Crippen LogP contribution in [0.1, 0.15) is 36.1 Å². The molecule has 0 aliphatic carbocycles. The summed E-state index contributed by atoms with van der Waals surface area (Å²) in [6.45, 7) is 11.5. The Hall–Kier alpha value is -3.61. The third kappa shape index (κ3) is 8.81. The minimum atomic E-state index is -1.17. The lowest BCUT2D eigenvalue weighted by atomic mass is 10.1. The number of aryl methyl sites for hydroxylation is 2. The number of esters is 1. The van der Waals surface area contributed by atoms with Crippen molar-refractivity contribution in [2.75, 3.05) is 44.3 Å². The fourth-order valence-electron chi connectivity index (χ4n) is 6.49. The highest BCUT2D eigenvalue weighted by Gasteiger charge is 2.47. The van der Waals surface area contributed by atoms with Crippen LogP contribution in [0.15, 0.2) is 73.3 Å². The van der Waals surface area contributed by atoms with Crippen molar-refractivity contribution in [3.8, 4) is 11.5 Å². The topological polar surface area (TPSA) is 86.4 Å². The van der Waals surface area contributed by atoms with Crippen molar-refractivity contribution in [1.82, 2.24) is 9.47 Å². The van der Waals surface area contributed by atoms with Gasteiger partial charge in [-0.25, -0.2) is 9.13 Å². The van der Waals surface area contributed by atoms with Gasteiger partial charge in [-0.2, -0.15) is 0 Å². The highest BCUT2D eigenvalue weighted by atomic mass is 79.9. The fourth-order valence-corrected chi connectivity index (χ4v) is 7.04. The van der Waals surface area contributed by atoms with Crippen LogP contribution in [0.5, 0.6) is 11.5 Å². The first kappa shape index (κ1) is 37.6. The van der Waals surface area contributed by atoms with Gasteiger partial charge < -0.3 is 45.7 Å². The van der Waals surface area contributed by atoms with Crippen LogP contribution in [0.3, 0.4) is 0 Å². The van der Waals surface area contributed by atoms with Gasteiger partial charge in [0.25, 0.3) is 0 Å². The van der Waals surface area contributed by atoms with Crippen molar-refractivity contribution in [2.45, 2.75) is 52.7 Å². The summed E-state index contributed by atoms with van der Waals surface area (Å²) in [6.07, 6.45) is 5.60. The monoisotopic (exact) mass is 786 g/mol. The van der Waals surface area contributed by atoms with E-state index in [1.54, 1.807) is 19.1 Å². The highest BCUT2D eigenvalue weighted by molar-refractivity contribution is 6.35. The number of rotatable bonds is 10. The number of carbonyl (C=O) groups excluding carboxylic acids is 2. The second kappa shape index (κ2) is 16.2. The Labute approximate surface area is 313 Å². The molecule has 1 aromatic heterocycles. The average molecular weight is 789 g/mol. The minimum Gasteiger partial charge on any atom is -1.00 e. The number of aromatic nitrogens is 2. The Balaban J connectivity index is 0.00000486. The van der Waals surface area contributed by atoms with Gasteiger partial charge in [-0.3, -0.25) is 9.59 Å². The average Bonchev–Trinajstić information content (AvgIpc) is 3.68. The van der Waals surface area contributed by atoms with Crippen molar-refractivity contribution < 1.29 is 50.1 Å². The third-order valence-corrected chi connectivity index (χ3v) is 9.38. The Morgan fingerprint density at radius 3 is 2.32 bits per heavy atom. The summed E-state index contributed by atoms with van der Waals surface area (Å²) in [7, 11) is 0. The first-order chi connectivity index (χ1) is 23.5. The van der Waals surface area contributed by atoms with Crippen LogP contribution < -0.4 is 35.9 Å². The number of halogens is 3. The molecule has 3 aromatic carbocycles. The van der Waals surface area contributed by atoms with Crippen molar-refractivity contribution in [1.29, 1.82) is 0 Å². The normalized spacial score (nSPS) is 18.9. The fraction of sp³-hybridized carbons (Fsp3) is 0.378. The van der Waals surface area contributed by atoms with E-state index in [2.05, 4.69) is 9.47 Å². The molecule has 1 amide bonds. The molecule has 13 heteroatoms. The van der Waals surface area contributed by atoms with E-state index in [0.717, 1.165) is 54.3 Å². The molecule has 10 nitrogen and oxygen atoms in total. The first-order valence-electron chi connectivity index (χ1n) is 16.3. The summed E-state index contributed by atoms with van der Waals surface area (Å²) in [5.41, 5.74) is 4.67. The molecular weight excluding hydrogens is 747 g/mol. The molecule has 2 unspecified atom stereocenters. The Morgan fingerprint density at radius 2 is 1.68 bits per heavy atom. The highest BCUT2D eigenvalue weighted by Crippen LogP contribution is 2.40. The maximum atomic E-state index is 11.7. The maximum Gasteiger partial charge on any atom is 0.308 e. The number of benzene rings is 3. The van der Waals surface area contributed by atoms with E-state index in [1.807, 2.05) is 84.5 Å². The lowest BCUT2D eigenvalue weighted by molar-refractivity contribution is -0.688. The molecule has 2 atom stereocenters. The number of imidazole rings is 1. The predicted molar refractivity (Wildman–Crippen MR) is 186 cm³/mol. The molecule has 0 saturated carbocycles. The zero-order valence-electron chi connectivity index (χ0n) is 28.5. The van der Waals surface area contributed by atoms with Crippen LogP contribution in [0.4, 0.5) is 5.69 Å². The van der Waals surface area contributed by atoms with E-state index in [1.165, 1.54) is 6.92 Å². The Bertz CT molecular complexity index is 1810. The van der Waals surface area contributed by atoms with Gasteiger partial charge >= 0.3 is 5.97 Å². The number of amides is 1. The van der Waals surface area contributed by atoms with Crippen LogP contribution in [0.2, 0.25) is 10.0 Å². The van der Waals surface area contributed by atoms with Crippen LogP contribution in [0.25, 0.3) is 0 Å². The zero-order chi connectivity index (χ0) is 34.7. The summed E-state index contributed by atoms with van der Waals surface area (Å²) in [5.74, 6) is -0.0524. The predicted octanol–water partition coefficient (Wildman–Crippen LogP) is 2.69. The second-order valence-corrected chi connectivity index (χ2v) is 13.5.